The minimum atomic E-state index is -0.0953. The van der Waals surface area contributed by atoms with Gasteiger partial charge in [0.25, 0.3) is 5.56 Å². The first-order valence-corrected chi connectivity index (χ1v) is 10.4. The number of hydrogen-bond acceptors (Lipinski definition) is 5. The second kappa shape index (κ2) is 8.54. The molecule has 0 saturated carbocycles. The maximum Gasteiger partial charge on any atom is 0.263 e. The third kappa shape index (κ3) is 4.14. The molecule has 140 valence electrons. The molecule has 0 fully saturated rings. The van der Waals surface area contributed by atoms with Gasteiger partial charge in [-0.25, -0.2) is 4.98 Å². The van der Waals surface area contributed by atoms with Gasteiger partial charge in [0.1, 0.15) is 4.83 Å². The molecule has 0 aliphatic rings. The molecule has 0 aliphatic carbocycles. The van der Waals surface area contributed by atoms with E-state index in [4.69, 9.17) is 0 Å². The highest BCUT2D eigenvalue weighted by atomic mass is 32.2. The SMILES string of the molecule is C=CCn1c(SCC(=O)N(C)C(C)c2ccccc2)nc2sccc2c1=O. The smallest absolute Gasteiger partial charge is 0.263 e. The maximum atomic E-state index is 12.7. The Labute approximate surface area is 166 Å². The number of fused-ring (bicyclic) bond motifs is 1. The molecule has 1 aromatic carbocycles. The van der Waals surface area contributed by atoms with Crippen molar-refractivity contribution in [3.63, 3.8) is 0 Å². The monoisotopic (exact) mass is 399 g/mol. The summed E-state index contributed by atoms with van der Waals surface area (Å²) in [6.45, 7) is 6.08. The highest BCUT2D eigenvalue weighted by Gasteiger charge is 2.19. The first-order valence-electron chi connectivity index (χ1n) is 8.55. The Morgan fingerprint density at radius 2 is 2.11 bits per heavy atom. The van der Waals surface area contributed by atoms with E-state index in [0.29, 0.717) is 21.9 Å². The lowest BCUT2D eigenvalue weighted by Gasteiger charge is -2.25. The Bertz CT molecular complexity index is 1010. The number of carbonyl (C=O) groups is 1. The van der Waals surface area contributed by atoms with Gasteiger partial charge in [-0.1, -0.05) is 48.2 Å². The van der Waals surface area contributed by atoms with Gasteiger partial charge in [-0.2, -0.15) is 0 Å². The fourth-order valence-corrected chi connectivity index (χ4v) is 4.47. The van der Waals surface area contributed by atoms with Gasteiger partial charge >= 0.3 is 0 Å². The minimum Gasteiger partial charge on any atom is -0.338 e. The standard InChI is InChI=1S/C20H21N3O2S2/c1-4-11-23-19(25)16-10-12-26-18(16)21-20(23)27-13-17(24)22(3)14(2)15-8-6-5-7-9-15/h4-10,12,14H,1,11,13H2,2-3H3. The zero-order valence-electron chi connectivity index (χ0n) is 15.3. The zero-order chi connectivity index (χ0) is 19.4. The number of carbonyl (C=O) groups excluding carboxylic acids is 1. The molecule has 0 radical (unpaired) electrons. The Morgan fingerprint density at radius 3 is 2.81 bits per heavy atom. The number of benzene rings is 1. The molecule has 2 heterocycles. The van der Waals surface area contributed by atoms with E-state index in [9.17, 15) is 9.59 Å². The highest BCUT2D eigenvalue weighted by Crippen LogP contribution is 2.23. The number of amides is 1. The van der Waals surface area contributed by atoms with E-state index in [1.54, 1.807) is 28.7 Å². The predicted molar refractivity (Wildman–Crippen MR) is 112 cm³/mol. The summed E-state index contributed by atoms with van der Waals surface area (Å²) < 4.78 is 1.57. The van der Waals surface area contributed by atoms with Crippen molar-refractivity contribution < 1.29 is 4.79 Å². The van der Waals surface area contributed by atoms with Gasteiger partial charge in [-0.15, -0.1) is 17.9 Å². The van der Waals surface area contributed by atoms with Gasteiger partial charge in [0, 0.05) is 13.6 Å². The van der Waals surface area contributed by atoms with E-state index in [1.807, 2.05) is 42.6 Å². The summed E-state index contributed by atoms with van der Waals surface area (Å²) in [5.41, 5.74) is 0.988. The summed E-state index contributed by atoms with van der Waals surface area (Å²) in [4.78, 5) is 32.3. The van der Waals surface area contributed by atoms with Crippen molar-refractivity contribution in [2.75, 3.05) is 12.8 Å². The maximum absolute atomic E-state index is 12.7. The summed E-state index contributed by atoms with van der Waals surface area (Å²) in [6.07, 6.45) is 1.66. The van der Waals surface area contributed by atoms with Crippen molar-refractivity contribution in [2.45, 2.75) is 24.7 Å². The summed E-state index contributed by atoms with van der Waals surface area (Å²) in [5, 5.41) is 3.00. The average molecular weight is 400 g/mol. The van der Waals surface area contributed by atoms with E-state index in [0.717, 1.165) is 5.56 Å². The fraction of sp³-hybridized carbons (Fsp3) is 0.250. The van der Waals surface area contributed by atoms with Crippen LogP contribution >= 0.6 is 23.1 Å². The molecule has 1 unspecified atom stereocenters. The lowest BCUT2D eigenvalue weighted by Crippen LogP contribution is -2.31. The molecule has 0 N–H and O–H groups in total. The van der Waals surface area contributed by atoms with Crippen LogP contribution in [-0.4, -0.2) is 33.2 Å². The summed E-state index contributed by atoms with van der Waals surface area (Å²) in [6, 6.07) is 11.7. The van der Waals surface area contributed by atoms with Crippen molar-refractivity contribution in [2.24, 2.45) is 0 Å². The Hall–Kier alpha value is -2.38. The van der Waals surface area contributed by atoms with Crippen molar-refractivity contribution >= 4 is 39.2 Å². The number of thioether (sulfide) groups is 1. The van der Waals surface area contributed by atoms with Crippen LogP contribution in [0.1, 0.15) is 18.5 Å². The Balaban J connectivity index is 1.77. The van der Waals surface area contributed by atoms with E-state index in [-0.39, 0.29) is 23.3 Å². The molecule has 2 aromatic heterocycles. The third-order valence-electron chi connectivity index (χ3n) is 4.44. The van der Waals surface area contributed by atoms with Gasteiger partial charge in [0.2, 0.25) is 5.91 Å². The lowest BCUT2D eigenvalue weighted by molar-refractivity contribution is -0.128. The van der Waals surface area contributed by atoms with E-state index in [2.05, 4.69) is 11.6 Å². The number of aromatic nitrogens is 2. The second-order valence-corrected chi connectivity index (χ2v) is 7.96. The molecule has 0 spiro atoms. The molecule has 0 bridgehead atoms. The van der Waals surface area contributed by atoms with Crippen LogP contribution in [0, 0.1) is 0 Å². The molecule has 0 aliphatic heterocycles. The molecular weight excluding hydrogens is 378 g/mol. The van der Waals surface area contributed by atoms with Crippen LogP contribution < -0.4 is 5.56 Å². The van der Waals surface area contributed by atoms with Crippen molar-refractivity contribution in [1.29, 1.82) is 0 Å². The number of nitrogens with zero attached hydrogens (tertiary/aromatic N) is 3. The number of allylic oxidation sites excluding steroid dienone is 1. The third-order valence-corrected chi connectivity index (χ3v) is 6.21. The Morgan fingerprint density at radius 1 is 1.37 bits per heavy atom. The van der Waals surface area contributed by atoms with E-state index in [1.165, 1.54) is 23.1 Å². The normalized spacial score (nSPS) is 12.1. The molecule has 5 nitrogen and oxygen atoms in total. The lowest BCUT2D eigenvalue weighted by atomic mass is 10.1. The number of rotatable bonds is 7. The van der Waals surface area contributed by atoms with Crippen LogP contribution in [0.25, 0.3) is 10.2 Å². The number of thiophene rings is 1. The van der Waals surface area contributed by atoms with E-state index < -0.39 is 0 Å². The van der Waals surface area contributed by atoms with Gasteiger partial charge in [-0.3, -0.25) is 14.2 Å². The van der Waals surface area contributed by atoms with Gasteiger partial charge < -0.3 is 4.90 Å². The molecular formula is C20H21N3O2S2. The first kappa shape index (κ1) is 19.4. The quantitative estimate of drug-likeness (QED) is 0.343. The van der Waals surface area contributed by atoms with Crippen molar-refractivity contribution in [1.82, 2.24) is 14.5 Å². The fourth-order valence-electron chi connectivity index (χ4n) is 2.73. The van der Waals surface area contributed by atoms with Crippen LogP contribution in [0.15, 0.2) is 64.4 Å². The van der Waals surface area contributed by atoms with Crippen LogP contribution in [0.5, 0.6) is 0 Å². The molecule has 1 amide bonds. The molecule has 27 heavy (non-hydrogen) atoms. The minimum absolute atomic E-state index is 0.0120. The van der Waals surface area contributed by atoms with Crippen LogP contribution in [0.2, 0.25) is 0 Å². The topological polar surface area (TPSA) is 55.2 Å². The average Bonchev–Trinajstić information content (AvgIpc) is 3.17. The molecule has 3 rings (SSSR count). The molecule has 1 atom stereocenters. The first-order chi connectivity index (χ1) is 13.0. The summed E-state index contributed by atoms with van der Waals surface area (Å²) in [5.74, 6) is 0.204. The molecule has 7 heteroatoms. The van der Waals surface area contributed by atoms with E-state index >= 15 is 0 Å². The zero-order valence-corrected chi connectivity index (χ0v) is 16.9. The largest absolute Gasteiger partial charge is 0.338 e. The predicted octanol–water partition coefficient (Wildman–Crippen LogP) is 3.96. The Kier molecular flexibility index (Phi) is 6.13. The highest BCUT2D eigenvalue weighted by molar-refractivity contribution is 7.99. The molecule has 0 saturated heterocycles. The van der Waals surface area contributed by atoms with Gasteiger partial charge in [0.15, 0.2) is 5.16 Å². The van der Waals surface area contributed by atoms with Gasteiger partial charge in [-0.05, 0) is 23.9 Å². The van der Waals surface area contributed by atoms with Crippen molar-refractivity contribution in [3.8, 4) is 0 Å². The van der Waals surface area contributed by atoms with Crippen LogP contribution in [0.4, 0.5) is 0 Å². The second-order valence-electron chi connectivity index (χ2n) is 6.12. The van der Waals surface area contributed by atoms with Crippen LogP contribution in [-0.2, 0) is 11.3 Å². The van der Waals surface area contributed by atoms with Gasteiger partial charge in [0.05, 0.1) is 17.2 Å². The van der Waals surface area contributed by atoms with Crippen LogP contribution in [0.3, 0.4) is 0 Å². The summed E-state index contributed by atoms with van der Waals surface area (Å²) >= 11 is 2.71. The molecule has 3 aromatic rings. The number of hydrogen-bond donors (Lipinski definition) is 0. The summed E-state index contributed by atoms with van der Waals surface area (Å²) in [7, 11) is 1.80. The van der Waals surface area contributed by atoms with Crippen molar-refractivity contribution in [3.05, 3.63) is 70.4 Å².